The first-order valence-electron chi connectivity index (χ1n) is 10.4. The lowest BCUT2D eigenvalue weighted by Crippen LogP contribution is -2.20. The SMILES string of the molecule is CN=CC(=CN)c1ccc(Nc2ncc3cc(C)nc(NCC(C)(C)C)c3n2)c(OC)c1. The van der Waals surface area contributed by atoms with Crippen LogP contribution in [-0.4, -0.2) is 41.9 Å². The Morgan fingerprint density at radius 3 is 2.66 bits per heavy atom. The molecule has 0 unspecified atom stereocenters. The van der Waals surface area contributed by atoms with Crippen molar-refractivity contribution in [2.24, 2.45) is 16.1 Å². The van der Waals surface area contributed by atoms with E-state index in [0.717, 1.165) is 45.8 Å². The van der Waals surface area contributed by atoms with E-state index in [4.69, 9.17) is 15.5 Å². The van der Waals surface area contributed by atoms with E-state index in [-0.39, 0.29) is 5.41 Å². The van der Waals surface area contributed by atoms with Crippen LogP contribution in [0.4, 0.5) is 17.5 Å². The van der Waals surface area contributed by atoms with Crippen LogP contribution in [0.2, 0.25) is 0 Å². The van der Waals surface area contributed by atoms with Gasteiger partial charge in [0.15, 0.2) is 5.82 Å². The number of rotatable bonds is 7. The monoisotopic (exact) mass is 433 g/mol. The van der Waals surface area contributed by atoms with Gasteiger partial charge in [-0.15, -0.1) is 0 Å². The summed E-state index contributed by atoms with van der Waals surface area (Å²) in [5.41, 5.74) is 9.96. The minimum Gasteiger partial charge on any atom is -0.495 e. The van der Waals surface area contributed by atoms with E-state index >= 15 is 0 Å². The number of allylic oxidation sites excluding steroid dienone is 1. The highest BCUT2D eigenvalue weighted by atomic mass is 16.5. The van der Waals surface area contributed by atoms with Crippen molar-refractivity contribution in [2.45, 2.75) is 27.7 Å². The molecule has 0 bridgehead atoms. The van der Waals surface area contributed by atoms with Crippen molar-refractivity contribution in [3.05, 3.63) is 47.9 Å². The molecule has 0 saturated carbocycles. The van der Waals surface area contributed by atoms with Crippen LogP contribution < -0.4 is 21.1 Å². The van der Waals surface area contributed by atoms with E-state index in [1.807, 2.05) is 31.2 Å². The quantitative estimate of drug-likeness (QED) is 0.469. The van der Waals surface area contributed by atoms with Crippen molar-refractivity contribution >= 4 is 40.1 Å². The summed E-state index contributed by atoms with van der Waals surface area (Å²) >= 11 is 0. The molecule has 4 N–H and O–H groups in total. The van der Waals surface area contributed by atoms with Gasteiger partial charge < -0.3 is 21.1 Å². The molecular weight excluding hydrogens is 402 g/mol. The van der Waals surface area contributed by atoms with Gasteiger partial charge in [0.1, 0.15) is 11.3 Å². The lowest BCUT2D eigenvalue weighted by atomic mass is 9.97. The fourth-order valence-corrected chi connectivity index (χ4v) is 3.15. The van der Waals surface area contributed by atoms with Gasteiger partial charge in [0.25, 0.3) is 0 Å². The zero-order valence-electron chi connectivity index (χ0n) is 19.5. The maximum Gasteiger partial charge on any atom is 0.227 e. The molecule has 8 nitrogen and oxygen atoms in total. The van der Waals surface area contributed by atoms with Gasteiger partial charge in [-0.25, -0.2) is 15.0 Å². The van der Waals surface area contributed by atoms with Crippen LogP contribution in [0.1, 0.15) is 32.0 Å². The highest BCUT2D eigenvalue weighted by Crippen LogP contribution is 2.31. The summed E-state index contributed by atoms with van der Waals surface area (Å²) in [6.07, 6.45) is 5.02. The summed E-state index contributed by atoms with van der Waals surface area (Å²) in [6, 6.07) is 7.71. The van der Waals surface area contributed by atoms with E-state index in [1.165, 1.54) is 6.20 Å². The van der Waals surface area contributed by atoms with Gasteiger partial charge in [0.05, 0.1) is 12.8 Å². The number of nitrogens with two attached hydrogens (primary N) is 1. The molecule has 3 rings (SSSR count). The minimum absolute atomic E-state index is 0.111. The molecule has 0 radical (unpaired) electrons. The number of benzene rings is 1. The molecule has 32 heavy (non-hydrogen) atoms. The number of methoxy groups -OCH3 is 1. The number of pyridine rings is 1. The van der Waals surface area contributed by atoms with E-state index in [0.29, 0.717) is 11.7 Å². The van der Waals surface area contributed by atoms with Gasteiger partial charge in [-0.2, -0.15) is 0 Å². The minimum atomic E-state index is 0.111. The molecule has 0 aliphatic heterocycles. The highest BCUT2D eigenvalue weighted by Gasteiger charge is 2.14. The van der Waals surface area contributed by atoms with Crippen LogP contribution in [0.15, 0.2) is 41.7 Å². The van der Waals surface area contributed by atoms with Crippen LogP contribution in [0.5, 0.6) is 5.75 Å². The van der Waals surface area contributed by atoms with Gasteiger partial charge in [0.2, 0.25) is 5.95 Å². The second-order valence-electron chi connectivity index (χ2n) is 8.71. The molecule has 0 amide bonds. The maximum absolute atomic E-state index is 5.73. The lowest BCUT2D eigenvalue weighted by molar-refractivity contribution is 0.416. The topological polar surface area (TPSA) is 110 Å². The van der Waals surface area contributed by atoms with Crippen LogP contribution in [0.25, 0.3) is 16.5 Å². The molecule has 0 spiro atoms. The van der Waals surface area contributed by atoms with E-state index < -0.39 is 0 Å². The van der Waals surface area contributed by atoms with Crippen molar-refractivity contribution in [1.82, 2.24) is 15.0 Å². The number of aliphatic imine (C=N–C) groups is 1. The molecule has 0 atom stereocenters. The number of aryl methyl sites for hydroxylation is 1. The van der Waals surface area contributed by atoms with Crippen LogP contribution in [0.3, 0.4) is 0 Å². The van der Waals surface area contributed by atoms with Gasteiger partial charge in [-0.05, 0) is 36.1 Å². The first kappa shape index (κ1) is 23.0. The number of ether oxygens (including phenoxy) is 1. The van der Waals surface area contributed by atoms with Crippen molar-refractivity contribution in [1.29, 1.82) is 0 Å². The molecule has 2 aromatic heterocycles. The Labute approximate surface area is 189 Å². The summed E-state index contributed by atoms with van der Waals surface area (Å²) < 4.78 is 5.58. The van der Waals surface area contributed by atoms with Gasteiger partial charge in [-0.3, -0.25) is 4.99 Å². The van der Waals surface area contributed by atoms with Crippen molar-refractivity contribution in [3.63, 3.8) is 0 Å². The smallest absolute Gasteiger partial charge is 0.227 e. The molecule has 0 saturated heterocycles. The molecule has 0 aliphatic carbocycles. The standard InChI is InChI=1S/C24H31N7O/c1-15-9-17-13-27-23(31-21(17)22(29-15)28-14-24(2,3)4)30-19-8-7-16(10-20(19)32-6)18(11-25)12-26-5/h7-13H,14,25H2,1-6H3,(H,28,29)(H,27,30,31). The van der Waals surface area contributed by atoms with E-state index in [9.17, 15) is 0 Å². The number of nitrogens with zero attached hydrogens (tertiary/aromatic N) is 4. The summed E-state index contributed by atoms with van der Waals surface area (Å²) in [5.74, 6) is 1.85. The number of fused-ring (bicyclic) bond motifs is 1. The Morgan fingerprint density at radius 1 is 1.22 bits per heavy atom. The largest absolute Gasteiger partial charge is 0.495 e. The molecule has 2 heterocycles. The molecular formula is C24H31N7O. The highest BCUT2D eigenvalue weighted by molar-refractivity contribution is 6.09. The van der Waals surface area contributed by atoms with Crippen LogP contribution in [0, 0.1) is 12.3 Å². The Bertz CT molecular complexity index is 1160. The second-order valence-corrected chi connectivity index (χ2v) is 8.71. The summed E-state index contributed by atoms with van der Waals surface area (Å²) in [4.78, 5) is 17.9. The Kier molecular flexibility index (Phi) is 6.92. The summed E-state index contributed by atoms with van der Waals surface area (Å²) in [7, 11) is 3.32. The fraction of sp³-hybridized carbons (Fsp3) is 0.333. The predicted molar refractivity (Wildman–Crippen MR) is 133 cm³/mol. The Balaban J connectivity index is 1.96. The third kappa shape index (κ3) is 5.51. The third-order valence-electron chi connectivity index (χ3n) is 4.71. The second kappa shape index (κ2) is 9.64. The van der Waals surface area contributed by atoms with Crippen molar-refractivity contribution < 1.29 is 4.74 Å². The molecule has 0 aliphatic rings. The van der Waals surface area contributed by atoms with Gasteiger partial charge in [-0.1, -0.05) is 26.8 Å². The molecule has 8 heteroatoms. The van der Waals surface area contributed by atoms with Crippen LogP contribution in [-0.2, 0) is 0 Å². The first-order valence-corrected chi connectivity index (χ1v) is 10.4. The van der Waals surface area contributed by atoms with E-state index in [1.54, 1.807) is 26.6 Å². The third-order valence-corrected chi connectivity index (χ3v) is 4.71. The molecule has 3 aromatic rings. The fourth-order valence-electron chi connectivity index (χ4n) is 3.15. The Hall–Kier alpha value is -3.68. The average molecular weight is 434 g/mol. The number of aromatic nitrogens is 3. The molecule has 1 aromatic carbocycles. The lowest BCUT2D eigenvalue weighted by Gasteiger charge is -2.20. The van der Waals surface area contributed by atoms with Gasteiger partial charge >= 0.3 is 0 Å². The molecule has 0 fully saturated rings. The molecule has 168 valence electrons. The van der Waals surface area contributed by atoms with Crippen molar-refractivity contribution in [3.8, 4) is 5.75 Å². The number of hydrogen-bond donors (Lipinski definition) is 3. The number of nitrogens with one attached hydrogen (secondary N) is 2. The average Bonchev–Trinajstić information content (AvgIpc) is 2.75. The number of anilines is 3. The summed E-state index contributed by atoms with van der Waals surface area (Å²) in [6.45, 7) is 9.26. The zero-order chi connectivity index (χ0) is 23.3. The zero-order valence-corrected chi connectivity index (χ0v) is 19.5. The maximum atomic E-state index is 5.73. The number of hydrogen-bond acceptors (Lipinski definition) is 8. The summed E-state index contributed by atoms with van der Waals surface area (Å²) in [5, 5.41) is 7.62. The Morgan fingerprint density at radius 2 is 2.00 bits per heavy atom. The van der Waals surface area contributed by atoms with Crippen LogP contribution >= 0.6 is 0 Å². The first-order chi connectivity index (χ1) is 15.2. The van der Waals surface area contributed by atoms with Gasteiger partial charge in [0, 0.05) is 48.9 Å². The predicted octanol–water partition coefficient (Wildman–Crippen LogP) is 4.54. The van der Waals surface area contributed by atoms with E-state index in [2.05, 4.69) is 46.4 Å². The normalized spacial score (nSPS) is 12.4. The van der Waals surface area contributed by atoms with Crippen molar-refractivity contribution in [2.75, 3.05) is 31.3 Å².